The predicted molar refractivity (Wildman–Crippen MR) is 76.3 cm³/mol. The normalized spacial score (nSPS) is 15.5. The molecule has 0 heterocycles. The van der Waals surface area contributed by atoms with Gasteiger partial charge in [0.05, 0.1) is 5.02 Å². The summed E-state index contributed by atoms with van der Waals surface area (Å²) in [5, 5.41) is 0.170. The van der Waals surface area contributed by atoms with E-state index < -0.39 is 0 Å². The molecule has 0 radical (unpaired) electrons. The van der Waals surface area contributed by atoms with Crippen LogP contribution in [0.2, 0.25) is 5.02 Å². The highest BCUT2D eigenvalue weighted by atomic mass is 35.5. The van der Waals surface area contributed by atoms with Crippen molar-refractivity contribution < 1.29 is 4.39 Å². The largest absolute Gasteiger partial charge is 0.327 e. The van der Waals surface area contributed by atoms with Crippen LogP contribution in [0.3, 0.4) is 0 Å². The maximum absolute atomic E-state index is 13.7. The molecule has 0 aliphatic heterocycles. The third kappa shape index (κ3) is 4.25. The highest BCUT2D eigenvalue weighted by Crippen LogP contribution is 2.29. The van der Waals surface area contributed by atoms with E-state index in [0.717, 1.165) is 6.42 Å². The van der Waals surface area contributed by atoms with Crippen molar-refractivity contribution in [1.82, 2.24) is 0 Å². The van der Waals surface area contributed by atoms with Gasteiger partial charge in [-0.25, -0.2) is 4.39 Å². The number of benzene rings is 1. The van der Waals surface area contributed by atoms with Gasteiger partial charge in [-0.1, -0.05) is 51.4 Å². The first-order chi connectivity index (χ1) is 8.21. The van der Waals surface area contributed by atoms with Crippen molar-refractivity contribution in [2.24, 2.45) is 17.1 Å². The molecule has 0 amide bonds. The second-order valence-corrected chi connectivity index (χ2v) is 6.59. The Labute approximate surface area is 115 Å². The molecule has 2 N–H and O–H groups in total. The van der Waals surface area contributed by atoms with Crippen LogP contribution in [0, 0.1) is 17.2 Å². The van der Waals surface area contributed by atoms with Crippen molar-refractivity contribution in [3.63, 3.8) is 0 Å². The van der Waals surface area contributed by atoms with E-state index in [9.17, 15) is 4.39 Å². The molecule has 102 valence electrons. The maximum atomic E-state index is 13.7. The minimum atomic E-state index is -0.335. The van der Waals surface area contributed by atoms with Gasteiger partial charge in [0.15, 0.2) is 0 Å². The fourth-order valence-electron chi connectivity index (χ4n) is 1.88. The van der Waals surface area contributed by atoms with E-state index in [1.807, 2.05) is 0 Å². The van der Waals surface area contributed by atoms with E-state index in [4.69, 9.17) is 17.3 Å². The van der Waals surface area contributed by atoms with Crippen LogP contribution in [0.5, 0.6) is 0 Å². The van der Waals surface area contributed by atoms with Crippen LogP contribution in [0.15, 0.2) is 18.2 Å². The summed E-state index contributed by atoms with van der Waals surface area (Å²) in [6.45, 7) is 8.78. The number of halogens is 2. The minimum absolute atomic E-state index is 0.0350. The fourth-order valence-corrected chi connectivity index (χ4v) is 2.07. The summed E-state index contributed by atoms with van der Waals surface area (Å²) in [4.78, 5) is 0. The van der Waals surface area contributed by atoms with Gasteiger partial charge in [0, 0.05) is 6.04 Å². The van der Waals surface area contributed by atoms with Gasteiger partial charge in [-0.3, -0.25) is 0 Å². The van der Waals surface area contributed by atoms with E-state index >= 15 is 0 Å². The standard InChI is InChI=1S/C15H23ClFN/c1-10(15(2,3)4)8-12(18)9-11-6-5-7-13(16)14(11)17/h5-7,10,12H,8-9,18H2,1-4H3. The number of hydrogen-bond donors (Lipinski definition) is 1. The number of rotatable bonds is 4. The van der Waals surface area contributed by atoms with Crippen molar-refractivity contribution in [2.45, 2.75) is 46.6 Å². The smallest absolute Gasteiger partial charge is 0.145 e. The van der Waals surface area contributed by atoms with E-state index in [-0.39, 0.29) is 22.3 Å². The zero-order valence-corrected chi connectivity index (χ0v) is 12.4. The zero-order chi connectivity index (χ0) is 13.9. The molecule has 0 saturated carbocycles. The molecule has 18 heavy (non-hydrogen) atoms. The van der Waals surface area contributed by atoms with Crippen LogP contribution in [-0.4, -0.2) is 6.04 Å². The molecule has 1 aromatic carbocycles. The van der Waals surface area contributed by atoms with E-state index in [1.165, 1.54) is 0 Å². The molecule has 0 aromatic heterocycles. The van der Waals surface area contributed by atoms with Crippen LogP contribution >= 0.6 is 11.6 Å². The van der Waals surface area contributed by atoms with Crippen molar-refractivity contribution in [1.29, 1.82) is 0 Å². The SMILES string of the molecule is CC(CC(N)Cc1cccc(Cl)c1F)C(C)(C)C. The van der Waals surface area contributed by atoms with Crippen LogP contribution < -0.4 is 5.73 Å². The third-order valence-electron chi connectivity index (χ3n) is 3.65. The summed E-state index contributed by atoms with van der Waals surface area (Å²) in [6.07, 6.45) is 1.42. The molecule has 0 bridgehead atoms. The molecule has 1 nitrogen and oxygen atoms in total. The average Bonchev–Trinajstić information content (AvgIpc) is 2.23. The second kappa shape index (κ2) is 6.03. The predicted octanol–water partition coefficient (Wildman–Crippen LogP) is 4.42. The molecule has 0 fully saturated rings. The first-order valence-corrected chi connectivity index (χ1v) is 6.78. The van der Waals surface area contributed by atoms with Gasteiger partial charge in [-0.05, 0) is 35.8 Å². The maximum Gasteiger partial charge on any atom is 0.145 e. The average molecular weight is 272 g/mol. The minimum Gasteiger partial charge on any atom is -0.327 e. The summed E-state index contributed by atoms with van der Waals surface area (Å²) in [7, 11) is 0. The van der Waals surface area contributed by atoms with Gasteiger partial charge in [-0.2, -0.15) is 0 Å². The van der Waals surface area contributed by atoms with Crippen LogP contribution in [0.25, 0.3) is 0 Å². The molecular weight excluding hydrogens is 249 g/mol. The third-order valence-corrected chi connectivity index (χ3v) is 3.94. The Morgan fingerprint density at radius 2 is 1.94 bits per heavy atom. The summed E-state index contributed by atoms with van der Waals surface area (Å²) in [5.74, 6) is 0.160. The van der Waals surface area contributed by atoms with Crippen LogP contribution in [0.1, 0.15) is 39.7 Å². The Morgan fingerprint density at radius 3 is 2.50 bits per heavy atom. The lowest BCUT2D eigenvalue weighted by Crippen LogP contribution is -2.30. The molecule has 2 atom stereocenters. The summed E-state index contributed by atoms with van der Waals surface area (Å²) >= 11 is 5.76. The zero-order valence-electron chi connectivity index (χ0n) is 11.6. The summed E-state index contributed by atoms with van der Waals surface area (Å²) in [5.41, 5.74) is 6.95. The molecular formula is C15H23ClFN. The number of hydrogen-bond acceptors (Lipinski definition) is 1. The number of nitrogens with two attached hydrogens (primary N) is 1. The Bertz CT molecular complexity index is 398. The van der Waals surface area contributed by atoms with Gasteiger partial charge in [-0.15, -0.1) is 0 Å². The Morgan fingerprint density at radius 1 is 1.33 bits per heavy atom. The van der Waals surface area contributed by atoms with Crippen LogP contribution in [-0.2, 0) is 6.42 Å². The molecule has 3 heteroatoms. The van der Waals surface area contributed by atoms with Crippen molar-refractivity contribution >= 4 is 11.6 Å². The van der Waals surface area contributed by atoms with E-state index in [2.05, 4.69) is 27.7 Å². The van der Waals surface area contributed by atoms with Gasteiger partial charge < -0.3 is 5.73 Å². The van der Waals surface area contributed by atoms with Crippen molar-refractivity contribution in [2.75, 3.05) is 0 Å². The topological polar surface area (TPSA) is 26.0 Å². The molecule has 1 aromatic rings. The lowest BCUT2D eigenvalue weighted by molar-refractivity contribution is 0.232. The Balaban J connectivity index is 2.65. The van der Waals surface area contributed by atoms with Gasteiger partial charge in [0.2, 0.25) is 0 Å². The van der Waals surface area contributed by atoms with E-state index in [1.54, 1.807) is 18.2 Å². The molecule has 2 unspecified atom stereocenters. The molecule has 0 aliphatic rings. The molecule has 0 saturated heterocycles. The first-order valence-electron chi connectivity index (χ1n) is 6.40. The first kappa shape index (κ1) is 15.5. The van der Waals surface area contributed by atoms with Gasteiger partial charge in [0.25, 0.3) is 0 Å². The fraction of sp³-hybridized carbons (Fsp3) is 0.600. The van der Waals surface area contributed by atoms with Gasteiger partial charge in [0.1, 0.15) is 5.82 Å². The Kier molecular flexibility index (Phi) is 5.18. The lowest BCUT2D eigenvalue weighted by atomic mass is 9.78. The highest BCUT2D eigenvalue weighted by molar-refractivity contribution is 6.30. The van der Waals surface area contributed by atoms with Gasteiger partial charge >= 0.3 is 0 Å². The monoisotopic (exact) mass is 271 g/mol. The Hall–Kier alpha value is -0.600. The summed E-state index contributed by atoms with van der Waals surface area (Å²) in [6, 6.07) is 5.04. The van der Waals surface area contributed by atoms with Crippen molar-refractivity contribution in [3.05, 3.63) is 34.6 Å². The molecule has 0 aliphatic carbocycles. The van der Waals surface area contributed by atoms with E-state index in [0.29, 0.717) is 17.9 Å². The highest BCUT2D eigenvalue weighted by Gasteiger charge is 2.22. The molecule has 0 spiro atoms. The second-order valence-electron chi connectivity index (χ2n) is 6.18. The summed E-state index contributed by atoms with van der Waals surface area (Å²) < 4.78 is 13.7. The van der Waals surface area contributed by atoms with Crippen molar-refractivity contribution in [3.8, 4) is 0 Å². The quantitative estimate of drug-likeness (QED) is 0.862. The van der Waals surface area contributed by atoms with Crippen LogP contribution in [0.4, 0.5) is 4.39 Å². The molecule has 1 rings (SSSR count). The lowest BCUT2D eigenvalue weighted by Gasteiger charge is -2.29.